The molecule has 16 atom stereocenters. The Morgan fingerprint density at radius 3 is 2.07 bits per heavy atom. The van der Waals surface area contributed by atoms with Gasteiger partial charge in [0.1, 0.15) is 24.4 Å². The van der Waals surface area contributed by atoms with Crippen LogP contribution in [0.1, 0.15) is 113 Å². The minimum Gasteiger partial charge on any atom is -0.394 e. The maximum Gasteiger partial charge on any atom is 0.187 e. The third kappa shape index (κ3) is 5.53. The maximum atomic E-state index is 12.3. The predicted octanol–water partition coefficient (Wildman–Crippen LogP) is 2.49. The van der Waals surface area contributed by atoms with E-state index in [1.165, 1.54) is 0 Å². The molecule has 0 aromatic carbocycles. The number of rotatable bonds is 8. The quantitative estimate of drug-likeness (QED) is 0.193. The van der Waals surface area contributed by atoms with E-state index in [9.17, 15) is 40.9 Å². The smallest absolute Gasteiger partial charge is 0.187 e. The summed E-state index contributed by atoms with van der Waals surface area (Å²) in [5, 5.41) is 86.5. The van der Waals surface area contributed by atoms with Gasteiger partial charge in [-0.3, -0.25) is 0 Å². The molecule has 0 aromatic heterocycles. The molecule has 0 aromatic rings. The number of hydrogen-bond donors (Lipinski definition) is 8. The monoisotopic (exact) mass is 656 g/mol. The van der Waals surface area contributed by atoms with Crippen LogP contribution in [-0.2, 0) is 9.47 Å². The molecule has 5 aliphatic rings. The SMILES string of the molecule is CC(C)(O)C(O)CCC(C)(OC1OC(CO)C(O)C(O)C1O)C1CCC2(C)C1C(O)CC1C3(C)CCC(O)C(C)(C)C3CCC12C. The van der Waals surface area contributed by atoms with Gasteiger partial charge in [-0.15, -0.1) is 0 Å². The Morgan fingerprint density at radius 1 is 0.826 bits per heavy atom. The number of ether oxygens (including phenoxy) is 2. The lowest BCUT2D eigenvalue weighted by Crippen LogP contribution is -2.67. The van der Waals surface area contributed by atoms with Crippen LogP contribution in [0.5, 0.6) is 0 Å². The topological polar surface area (TPSA) is 180 Å². The van der Waals surface area contributed by atoms with Crippen molar-refractivity contribution < 1.29 is 50.3 Å². The highest BCUT2D eigenvalue weighted by atomic mass is 16.7. The summed E-state index contributed by atoms with van der Waals surface area (Å²) in [6.07, 6.45) is -2.76. The Hall–Kier alpha value is -0.400. The molecular formula is C36H64O10. The first-order valence-corrected chi connectivity index (χ1v) is 17.8. The molecule has 16 unspecified atom stereocenters. The summed E-state index contributed by atoms with van der Waals surface area (Å²) in [5.74, 6) is 0.261. The average molecular weight is 657 g/mol. The summed E-state index contributed by atoms with van der Waals surface area (Å²) in [5.41, 5.74) is -2.96. The molecule has 0 bridgehead atoms. The second kappa shape index (κ2) is 12.1. The first-order valence-electron chi connectivity index (χ1n) is 17.8. The molecule has 46 heavy (non-hydrogen) atoms. The molecule has 10 heteroatoms. The second-order valence-corrected chi connectivity index (χ2v) is 18.2. The fourth-order valence-electron chi connectivity index (χ4n) is 12.0. The highest BCUT2D eigenvalue weighted by Gasteiger charge is 2.71. The first kappa shape index (κ1) is 36.9. The molecule has 10 nitrogen and oxygen atoms in total. The van der Waals surface area contributed by atoms with Crippen molar-refractivity contribution in [2.24, 2.45) is 45.3 Å². The molecule has 5 fully saturated rings. The third-order valence-corrected chi connectivity index (χ3v) is 15.1. The molecule has 268 valence electrons. The van der Waals surface area contributed by atoms with E-state index in [2.05, 4.69) is 34.6 Å². The Kier molecular flexibility index (Phi) is 9.72. The molecule has 1 saturated heterocycles. The molecule has 8 N–H and O–H groups in total. The largest absolute Gasteiger partial charge is 0.394 e. The normalized spacial score (nSPS) is 51.0. The zero-order valence-corrected chi connectivity index (χ0v) is 29.4. The molecule has 5 rings (SSSR count). The maximum absolute atomic E-state index is 12.3. The Bertz CT molecular complexity index is 1090. The summed E-state index contributed by atoms with van der Waals surface area (Å²) in [4.78, 5) is 0. The van der Waals surface area contributed by atoms with Gasteiger partial charge in [0.25, 0.3) is 0 Å². The van der Waals surface area contributed by atoms with Gasteiger partial charge in [0.15, 0.2) is 6.29 Å². The molecule has 4 saturated carbocycles. The summed E-state index contributed by atoms with van der Waals surface area (Å²) < 4.78 is 12.5. The lowest BCUT2D eigenvalue weighted by Gasteiger charge is -2.70. The van der Waals surface area contributed by atoms with Gasteiger partial charge in [-0.25, -0.2) is 0 Å². The van der Waals surface area contributed by atoms with Crippen molar-refractivity contribution >= 4 is 0 Å². The highest BCUT2D eigenvalue weighted by Crippen LogP contribution is 2.76. The summed E-state index contributed by atoms with van der Waals surface area (Å²) in [7, 11) is 0. The predicted molar refractivity (Wildman–Crippen MR) is 171 cm³/mol. The summed E-state index contributed by atoms with van der Waals surface area (Å²) in [6, 6.07) is 0. The lowest BCUT2D eigenvalue weighted by molar-refractivity contribution is -0.336. The minimum atomic E-state index is -1.59. The van der Waals surface area contributed by atoms with E-state index in [1.807, 2.05) is 6.92 Å². The van der Waals surface area contributed by atoms with Crippen LogP contribution in [-0.4, -0.2) is 108 Å². The Balaban J connectivity index is 1.49. The van der Waals surface area contributed by atoms with Gasteiger partial charge in [-0.2, -0.15) is 0 Å². The van der Waals surface area contributed by atoms with E-state index < -0.39 is 60.7 Å². The zero-order chi connectivity index (χ0) is 34.4. The van der Waals surface area contributed by atoms with Crippen LogP contribution < -0.4 is 0 Å². The van der Waals surface area contributed by atoms with Crippen molar-refractivity contribution in [1.82, 2.24) is 0 Å². The van der Waals surface area contributed by atoms with Gasteiger partial charge < -0.3 is 50.3 Å². The second-order valence-electron chi connectivity index (χ2n) is 18.2. The van der Waals surface area contributed by atoms with Gasteiger partial charge in [0.05, 0.1) is 36.1 Å². The third-order valence-electron chi connectivity index (χ3n) is 15.1. The number of aliphatic hydroxyl groups is 8. The molecule has 1 heterocycles. The minimum absolute atomic E-state index is 0.0181. The van der Waals surface area contributed by atoms with Crippen LogP contribution in [0.4, 0.5) is 0 Å². The fourth-order valence-corrected chi connectivity index (χ4v) is 12.0. The van der Waals surface area contributed by atoms with Crippen LogP contribution in [0.2, 0.25) is 0 Å². The molecule has 0 radical (unpaired) electrons. The molecule has 4 aliphatic carbocycles. The van der Waals surface area contributed by atoms with Gasteiger partial charge in [-0.1, -0.05) is 34.6 Å². The first-order chi connectivity index (χ1) is 21.1. The van der Waals surface area contributed by atoms with Crippen LogP contribution >= 0.6 is 0 Å². The summed E-state index contributed by atoms with van der Waals surface area (Å²) >= 11 is 0. The van der Waals surface area contributed by atoms with Crippen LogP contribution in [0.25, 0.3) is 0 Å². The van der Waals surface area contributed by atoms with Gasteiger partial charge in [0, 0.05) is 0 Å². The Morgan fingerprint density at radius 2 is 1.46 bits per heavy atom. The zero-order valence-electron chi connectivity index (χ0n) is 29.4. The average Bonchev–Trinajstić information content (AvgIpc) is 3.35. The van der Waals surface area contributed by atoms with E-state index >= 15 is 0 Å². The van der Waals surface area contributed by atoms with Crippen molar-refractivity contribution in [3.05, 3.63) is 0 Å². The van der Waals surface area contributed by atoms with Crippen molar-refractivity contribution in [2.45, 2.75) is 173 Å². The van der Waals surface area contributed by atoms with Crippen LogP contribution in [0.3, 0.4) is 0 Å². The number of fused-ring (bicyclic) bond motifs is 5. The molecule has 0 spiro atoms. The van der Waals surface area contributed by atoms with Crippen LogP contribution in [0.15, 0.2) is 0 Å². The lowest BCUT2D eigenvalue weighted by atomic mass is 9.35. The van der Waals surface area contributed by atoms with E-state index in [4.69, 9.17) is 9.47 Å². The summed E-state index contributed by atoms with van der Waals surface area (Å²) in [6.45, 7) is 16.0. The van der Waals surface area contributed by atoms with E-state index in [-0.39, 0.29) is 58.4 Å². The molecule has 0 amide bonds. The van der Waals surface area contributed by atoms with E-state index in [1.54, 1.807) is 13.8 Å². The van der Waals surface area contributed by atoms with Gasteiger partial charge in [0.2, 0.25) is 0 Å². The van der Waals surface area contributed by atoms with Gasteiger partial charge >= 0.3 is 0 Å². The van der Waals surface area contributed by atoms with Gasteiger partial charge in [-0.05, 0) is 124 Å². The van der Waals surface area contributed by atoms with Crippen LogP contribution in [0, 0.1) is 45.3 Å². The van der Waals surface area contributed by atoms with E-state index in [0.29, 0.717) is 12.3 Å². The van der Waals surface area contributed by atoms with Crippen molar-refractivity contribution in [3.63, 3.8) is 0 Å². The van der Waals surface area contributed by atoms with Crippen molar-refractivity contribution in [3.8, 4) is 0 Å². The van der Waals surface area contributed by atoms with Crippen molar-refractivity contribution in [2.75, 3.05) is 6.61 Å². The number of hydrogen-bond acceptors (Lipinski definition) is 10. The van der Waals surface area contributed by atoms with Crippen molar-refractivity contribution in [1.29, 1.82) is 0 Å². The standard InChI is InChI=1S/C36H64O10/c1-31(2)22-10-15-34(6)23(33(22,5)13-11-24(31)39)17-20(38)26-19(9-14-35(26,34)7)36(8,16-12-25(40)32(3,4)44)46-30-29(43)28(42)27(41)21(18-37)45-30/h19-30,37-44H,9-18H2,1-8H3. The van der Waals surface area contributed by atoms with E-state index in [0.717, 1.165) is 38.5 Å². The Labute approximate surface area is 275 Å². The highest BCUT2D eigenvalue weighted by molar-refractivity contribution is 5.20. The molecular weight excluding hydrogens is 592 g/mol. The number of aliphatic hydroxyl groups excluding tert-OH is 7. The fraction of sp³-hybridized carbons (Fsp3) is 1.00. The molecule has 1 aliphatic heterocycles.